The van der Waals surface area contributed by atoms with Crippen LogP contribution in [-0.2, 0) is 0 Å². The van der Waals surface area contributed by atoms with Crippen molar-refractivity contribution in [3.05, 3.63) is 39.6 Å². The first-order chi connectivity index (χ1) is 6.66. The monoisotopic (exact) mass is 319 g/mol. The summed E-state index contributed by atoms with van der Waals surface area (Å²) in [7, 11) is 0. The van der Waals surface area contributed by atoms with E-state index < -0.39 is 0 Å². The molecule has 72 valence electrons. The minimum Gasteiger partial charge on any atom is -0.207 e. The largest absolute Gasteiger partial charge is 0.218 e. The molecule has 0 aliphatic carbocycles. The van der Waals surface area contributed by atoms with E-state index in [4.69, 9.17) is 0 Å². The van der Waals surface area contributed by atoms with Gasteiger partial charge < -0.3 is 0 Å². The molecule has 6 heteroatoms. The Morgan fingerprint density at radius 2 is 2.07 bits per heavy atom. The van der Waals surface area contributed by atoms with Crippen molar-refractivity contribution in [1.29, 1.82) is 0 Å². The van der Waals surface area contributed by atoms with Gasteiger partial charge in [0.1, 0.15) is 5.82 Å². The molecule has 0 saturated heterocycles. The number of benzene rings is 1. The van der Waals surface area contributed by atoms with E-state index in [0.29, 0.717) is 15.2 Å². The van der Waals surface area contributed by atoms with Crippen LogP contribution in [0.1, 0.15) is 0 Å². The third-order valence-electron chi connectivity index (χ3n) is 1.59. The average Bonchev–Trinajstić information content (AvgIpc) is 2.45. The lowest BCUT2D eigenvalue weighted by Gasteiger charge is -2.00. The lowest BCUT2D eigenvalue weighted by Crippen LogP contribution is -1.96. The first-order valence-corrected chi connectivity index (χ1v) is 5.29. The zero-order valence-corrected chi connectivity index (χ0v) is 9.96. The molecule has 0 unspecified atom stereocenters. The van der Waals surface area contributed by atoms with Gasteiger partial charge in [0.05, 0.1) is 5.69 Å². The molecule has 0 fully saturated rings. The second kappa shape index (κ2) is 3.78. The summed E-state index contributed by atoms with van der Waals surface area (Å²) in [6.45, 7) is 0. The molecule has 3 nitrogen and oxygen atoms in total. The van der Waals surface area contributed by atoms with Gasteiger partial charge in [0, 0.05) is 0 Å². The number of rotatable bonds is 1. The maximum absolute atomic E-state index is 12.9. The summed E-state index contributed by atoms with van der Waals surface area (Å²) in [6, 6.07) is 6.12. The van der Waals surface area contributed by atoms with Crippen LogP contribution in [-0.4, -0.2) is 14.8 Å². The van der Waals surface area contributed by atoms with Gasteiger partial charge in [-0.2, -0.15) is 4.98 Å². The zero-order chi connectivity index (χ0) is 10.1. The fraction of sp³-hybridized carbons (Fsp3) is 0. The van der Waals surface area contributed by atoms with E-state index >= 15 is 0 Å². The van der Waals surface area contributed by atoms with Crippen LogP contribution in [0.4, 0.5) is 4.39 Å². The van der Waals surface area contributed by atoms with Crippen molar-refractivity contribution in [2.24, 2.45) is 0 Å². The van der Waals surface area contributed by atoms with Gasteiger partial charge in [-0.25, -0.2) is 9.07 Å². The zero-order valence-electron chi connectivity index (χ0n) is 6.78. The van der Waals surface area contributed by atoms with Crippen molar-refractivity contribution in [3.8, 4) is 5.69 Å². The first kappa shape index (κ1) is 9.79. The predicted molar refractivity (Wildman–Crippen MR) is 56.7 cm³/mol. The first-order valence-electron chi connectivity index (χ1n) is 3.71. The fourth-order valence-corrected chi connectivity index (χ4v) is 2.06. The van der Waals surface area contributed by atoms with E-state index in [1.165, 1.54) is 16.8 Å². The Hall–Kier alpha value is -0.750. The highest BCUT2D eigenvalue weighted by atomic mass is 79.9. The molecule has 1 aromatic heterocycles. The Morgan fingerprint density at radius 1 is 1.29 bits per heavy atom. The number of hydrogen-bond acceptors (Lipinski definition) is 2. The fourth-order valence-electron chi connectivity index (χ4n) is 1.04. The van der Waals surface area contributed by atoms with Gasteiger partial charge in [-0.1, -0.05) is 6.07 Å². The second-order valence-corrected chi connectivity index (χ2v) is 3.96. The summed E-state index contributed by atoms with van der Waals surface area (Å²) in [4.78, 5) is 3.98. The van der Waals surface area contributed by atoms with E-state index in [0.717, 1.165) is 0 Å². The van der Waals surface area contributed by atoms with E-state index in [9.17, 15) is 4.39 Å². The maximum atomic E-state index is 12.9. The number of nitrogens with zero attached hydrogens (tertiary/aromatic N) is 3. The minimum absolute atomic E-state index is 0.305. The van der Waals surface area contributed by atoms with Gasteiger partial charge in [-0.05, 0) is 50.1 Å². The Balaban J connectivity index is 2.54. The summed E-state index contributed by atoms with van der Waals surface area (Å²) in [5, 5.41) is 4.03. The smallest absolute Gasteiger partial charge is 0.207 e. The molecule has 2 rings (SSSR count). The van der Waals surface area contributed by atoms with Crippen molar-refractivity contribution < 1.29 is 4.39 Å². The molecule has 1 heterocycles. The van der Waals surface area contributed by atoms with Crippen LogP contribution in [0.3, 0.4) is 0 Å². The van der Waals surface area contributed by atoms with Crippen LogP contribution in [0.25, 0.3) is 5.69 Å². The molecule has 0 aliphatic heterocycles. The van der Waals surface area contributed by atoms with Crippen molar-refractivity contribution in [3.63, 3.8) is 0 Å². The third-order valence-corrected chi connectivity index (χ3v) is 2.44. The molecule has 0 aliphatic rings. The van der Waals surface area contributed by atoms with Crippen molar-refractivity contribution in [1.82, 2.24) is 14.8 Å². The average molecular weight is 321 g/mol. The summed E-state index contributed by atoms with van der Waals surface area (Å²) >= 11 is 6.35. The number of hydrogen-bond donors (Lipinski definition) is 0. The highest BCUT2D eigenvalue weighted by molar-refractivity contribution is 9.11. The standard InChI is InChI=1S/C8H4Br2FN3/c9-7-12-8(10)14(13-7)6-3-1-2-5(11)4-6/h1-4H. The molecule has 14 heavy (non-hydrogen) atoms. The van der Waals surface area contributed by atoms with Gasteiger partial charge in [0.25, 0.3) is 0 Å². The van der Waals surface area contributed by atoms with Gasteiger partial charge in [0.2, 0.25) is 9.47 Å². The third kappa shape index (κ3) is 1.85. The summed E-state index contributed by atoms with van der Waals surface area (Å²) < 4.78 is 15.4. The summed E-state index contributed by atoms with van der Waals surface area (Å²) in [6.07, 6.45) is 0. The Kier molecular flexibility index (Phi) is 2.64. The molecular formula is C8H4Br2FN3. The van der Waals surface area contributed by atoms with E-state index in [-0.39, 0.29) is 5.82 Å². The minimum atomic E-state index is -0.305. The molecule has 0 saturated carbocycles. The van der Waals surface area contributed by atoms with Crippen LogP contribution in [0.2, 0.25) is 0 Å². The van der Waals surface area contributed by atoms with Crippen molar-refractivity contribution in [2.45, 2.75) is 0 Å². The molecule has 1 aromatic carbocycles. The molecule has 0 amide bonds. The Morgan fingerprint density at radius 3 is 2.64 bits per heavy atom. The molecule has 0 radical (unpaired) electrons. The molecule has 2 aromatic rings. The Bertz CT molecular complexity index is 469. The van der Waals surface area contributed by atoms with Crippen LogP contribution in [0, 0.1) is 5.82 Å². The molecular weight excluding hydrogens is 317 g/mol. The SMILES string of the molecule is Fc1cccc(-n2nc(Br)nc2Br)c1. The molecule has 0 N–H and O–H groups in total. The number of aromatic nitrogens is 3. The highest BCUT2D eigenvalue weighted by Gasteiger charge is 2.07. The van der Waals surface area contributed by atoms with E-state index in [1.54, 1.807) is 12.1 Å². The van der Waals surface area contributed by atoms with Crippen LogP contribution in [0.15, 0.2) is 33.7 Å². The summed E-state index contributed by atoms with van der Waals surface area (Å²) in [5.74, 6) is -0.305. The van der Waals surface area contributed by atoms with Crippen molar-refractivity contribution >= 4 is 31.9 Å². The van der Waals surface area contributed by atoms with Gasteiger partial charge in [-0.3, -0.25) is 0 Å². The Labute approximate surface area is 96.2 Å². The van der Waals surface area contributed by atoms with Crippen LogP contribution in [0.5, 0.6) is 0 Å². The molecule has 0 spiro atoms. The van der Waals surface area contributed by atoms with Gasteiger partial charge in [0.15, 0.2) is 0 Å². The number of halogens is 3. The van der Waals surface area contributed by atoms with Crippen LogP contribution < -0.4 is 0 Å². The lowest BCUT2D eigenvalue weighted by molar-refractivity contribution is 0.625. The van der Waals surface area contributed by atoms with Crippen molar-refractivity contribution in [2.75, 3.05) is 0 Å². The maximum Gasteiger partial charge on any atom is 0.218 e. The quantitative estimate of drug-likeness (QED) is 0.809. The highest BCUT2D eigenvalue weighted by Crippen LogP contribution is 2.17. The normalized spacial score (nSPS) is 10.5. The molecule has 0 bridgehead atoms. The van der Waals surface area contributed by atoms with Gasteiger partial charge >= 0.3 is 0 Å². The van der Waals surface area contributed by atoms with Crippen LogP contribution >= 0.6 is 31.9 Å². The predicted octanol–water partition coefficient (Wildman–Crippen LogP) is 2.93. The van der Waals surface area contributed by atoms with Gasteiger partial charge in [-0.15, -0.1) is 5.10 Å². The second-order valence-electron chi connectivity index (χ2n) is 2.54. The van der Waals surface area contributed by atoms with E-state index in [1.807, 2.05) is 0 Å². The van der Waals surface area contributed by atoms with E-state index in [2.05, 4.69) is 41.9 Å². The lowest BCUT2D eigenvalue weighted by atomic mass is 10.3. The summed E-state index contributed by atoms with van der Waals surface area (Å²) in [5.41, 5.74) is 0.620. The molecule has 0 atom stereocenters. The topological polar surface area (TPSA) is 30.7 Å².